The van der Waals surface area contributed by atoms with E-state index < -0.39 is 153 Å². The highest BCUT2D eigenvalue weighted by molar-refractivity contribution is 6.50. The van der Waals surface area contributed by atoms with Gasteiger partial charge in [-0.2, -0.15) is 61.5 Å². The minimum Gasteiger partial charge on any atom is -0.268 e. The van der Waals surface area contributed by atoms with Crippen molar-refractivity contribution in [1.82, 2.24) is 19.9 Å². The molecule has 27 rings (SSSR count). The highest BCUT2D eigenvalue weighted by atomic mass is 19.4. The molecule has 0 aliphatic carbocycles. The maximum Gasteiger partial charge on any atom is 0.418 e. The minimum atomic E-state index is -5.43. The van der Waals surface area contributed by atoms with E-state index in [0.29, 0.717) is 111 Å². The maximum absolute atomic E-state index is 14.2. The Morgan fingerprint density at radius 3 is 0.568 bits per heavy atom. The third-order valence-electron chi connectivity index (χ3n) is 27.4. The van der Waals surface area contributed by atoms with Crippen molar-refractivity contribution in [1.29, 1.82) is 0 Å². The van der Waals surface area contributed by atoms with Gasteiger partial charge in [0.15, 0.2) is 0 Å². The van der Waals surface area contributed by atoms with Crippen molar-refractivity contribution in [2.45, 2.75) is 24.7 Å². The molecule has 0 saturated carbocycles. The molecule has 4 aromatic heterocycles. The first kappa shape index (κ1) is 88.4. The Hall–Kier alpha value is -19.0. The first-order valence-electron chi connectivity index (χ1n) is 43.6. The summed E-state index contributed by atoms with van der Waals surface area (Å²) in [4.78, 5) is 185. The predicted octanol–water partition coefficient (Wildman–Crippen LogP) is 24.2. The second kappa shape index (κ2) is 30.3. The van der Waals surface area contributed by atoms with Gasteiger partial charge in [-0.3, -0.25) is 57.5 Å². The number of hydrogen-bond acceptors (Lipinski definition) is 16. The molecule has 0 fully saturated rings. The van der Waals surface area contributed by atoms with Crippen LogP contribution in [-0.4, -0.2) is 90.8 Å². The van der Waals surface area contributed by atoms with Gasteiger partial charge in [0.05, 0.1) is 46.0 Å². The van der Waals surface area contributed by atoms with Crippen molar-refractivity contribution < 1.29 is 128 Å². The lowest BCUT2D eigenvalue weighted by atomic mass is 9.82. The molecule has 146 heavy (non-hydrogen) atoms. The van der Waals surface area contributed by atoms with E-state index in [9.17, 15) is 128 Å². The summed E-state index contributed by atoms with van der Waals surface area (Å²) in [6, 6.07) is 51.3. The number of carbonyl (C=O) groups excluding carboxylic acids is 12. The first-order chi connectivity index (χ1) is 69.7. The van der Waals surface area contributed by atoms with E-state index in [4.69, 9.17) is 0 Å². The predicted molar refractivity (Wildman–Crippen MR) is 499 cm³/mol. The summed E-state index contributed by atoms with van der Waals surface area (Å²) in [7, 11) is 0. The van der Waals surface area contributed by atoms with E-state index in [1.165, 1.54) is 84.9 Å². The van der Waals surface area contributed by atoms with Crippen LogP contribution in [0.5, 0.6) is 0 Å². The average Bonchev–Trinajstić information content (AvgIpc) is 0.692. The van der Waals surface area contributed by atoms with Crippen LogP contribution in [0.3, 0.4) is 0 Å². The number of hydrogen-bond donors (Lipinski definition) is 0. The molecule has 22 nitrogen and oxygen atoms in total. The van der Waals surface area contributed by atoms with Crippen LogP contribution >= 0.6 is 0 Å². The van der Waals surface area contributed by atoms with Crippen molar-refractivity contribution in [2.75, 3.05) is 29.4 Å². The van der Waals surface area contributed by atoms with Gasteiger partial charge in [0, 0.05) is 99.1 Å². The van der Waals surface area contributed by atoms with E-state index in [2.05, 4.69) is 19.9 Å². The normalized spacial score (nSPS) is 14.9. The summed E-state index contributed by atoms with van der Waals surface area (Å²) in [6.45, 7) is 0. The second-order valence-corrected chi connectivity index (χ2v) is 34.9. The zero-order valence-electron chi connectivity index (χ0n) is 72.7. The SMILES string of the molecule is O=C1c2ccc3c4ccc5c6c(ccc(c7ccc(c2c37)C(=O)N1c1ccc(C(F)(F)F)cc1C(F)(F)F)c64)C(=O)N(c1ccc(C(F)(F)F)cc1C(F)(F)F)C5=O.O=C1c2ccc3c4ccc5c6c(ccc(c7ccc(c2c37)C(=O)N1c1ccc(F)cn1)c64)C(=O)N(c1ccc(F)cn1)C5=O.O=C1c2ccc3c4ccc5c6c(ccc(c7ccc(c2c37)C(=O)N1c1cccc(F)n1)c64)C(=O)N(c1cccc(F)n1)C5=O. The Morgan fingerprint density at radius 1 is 0.192 bits per heavy atom. The molecule has 17 aromatic carbocycles. The van der Waals surface area contributed by atoms with Crippen LogP contribution in [0.4, 0.5) is 105 Å². The number of carbonyl (C=O) groups is 12. The monoisotopic (exact) mass is 1970 g/mol. The summed E-state index contributed by atoms with van der Waals surface area (Å²) in [5.74, 6) is -12.9. The lowest BCUT2D eigenvalue weighted by Crippen LogP contribution is -2.41. The van der Waals surface area contributed by atoms with Gasteiger partial charge in [-0.1, -0.05) is 84.9 Å². The van der Waals surface area contributed by atoms with E-state index in [1.54, 1.807) is 97.1 Å². The number of alkyl halides is 12. The van der Waals surface area contributed by atoms with Gasteiger partial charge in [0.1, 0.15) is 34.9 Å². The number of amides is 12. The smallest absolute Gasteiger partial charge is 0.268 e. The number of halogens is 16. The van der Waals surface area contributed by atoms with E-state index in [-0.39, 0.29) is 111 Å². The summed E-state index contributed by atoms with van der Waals surface area (Å²) >= 11 is 0. The number of benzene rings is 17. The molecule has 21 aromatic rings. The Kier molecular flexibility index (Phi) is 18.3. The molecule has 6 aliphatic rings. The largest absolute Gasteiger partial charge is 0.418 e. The van der Waals surface area contributed by atoms with Crippen LogP contribution < -0.4 is 29.4 Å². The van der Waals surface area contributed by atoms with E-state index in [0.717, 1.165) is 99.3 Å². The van der Waals surface area contributed by atoms with Gasteiger partial charge in [-0.15, -0.1) is 0 Å². The standard InChI is InChI=1S/C40H14F12N2O4.2C34H14F2N4O4/c41-37(42,43)15-1-11-27(25(13-15)39(47,48)49)53-33(55)21-7-3-17-19-5-9-23-32-24(10-6-20(30(19)32)18-4-8-22(34(53)56)31(21)29(17)18)36(58)54(35(23)57)28-12-2-16(38(44,45)46)14-26(28)40(50,51)52;35-15-1-11-25(37-13-15)39-31(41)21-7-3-17-19-5-9-23-30-24(34(44)40(33(23)43)26-12-2-16(36)14-38-26)10-6-20(28(19)30)18-4-8-22(32(39)42)29(21)27(17)18;35-23-3-1-5-25(37-23)39-31(41)19-11-7-15-17-9-13-21-30-22(34(44)40(33(21)43)26-6-2-4-24(36)38-26)14-10-18(28(17)30)16-8-12-20(32(39)42)29(19)27(15)16/h1-14H;2*1-14H. The zero-order valence-corrected chi connectivity index (χ0v) is 72.7. The first-order valence-corrected chi connectivity index (χ1v) is 43.6. The molecule has 0 saturated heterocycles. The second-order valence-electron chi connectivity index (χ2n) is 34.9. The van der Waals surface area contributed by atoms with Crippen molar-refractivity contribution >= 4 is 235 Å². The lowest BCUT2D eigenvalue weighted by molar-refractivity contribution is -0.144. The molecule has 0 spiro atoms. The van der Waals surface area contributed by atoms with Gasteiger partial charge < -0.3 is 0 Å². The molecule has 708 valence electrons. The van der Waals surface area contributed by atoms with Crippen LogP contribution in [0, 0.1) is 23.5 Å². The number of pyridine rings is 4. The fourth-order valence-corrected chi connectivity index (χ4v) is 21.4. The Labute approximate surface area is 800 Å². The van der Waals surface area contributed by atoms with Crippen LogP contribution in [0.2, 0.25) is 0 Å². The highest BCUT2D eigenvalue weighted by Gasteiger charge is 2.50. The minimum absolute atomic E-state index is 0.0129. The maximum atomic E-state index is 14.2. The van der Waals surface area contributed by atoms with Crippen molar-refractivity contribution in [3.63, 3.8) is 0 Å². The fraction of sp³-hybridized carbons (Fsp3) is 0.0370. The third kappa shape index (κ3) is 12.3. The van der Waals surface area contributed by atoms with Crippen molar-refractivity contribution in [3.8, 4) is 0 Å². The summed E-state index contributed by atoms with van der Waals surface area (Å²) < 4.78 is 220. The van der Waals surface area contributed by atoms with Gasteiger partial charge in [-0.25, -0.2) is 58.1 Å². The number of fused-ring (bicyclic) bond motifs is 6. The number of anilines is 6. The third-order valence-corrected chi connectivity index (χ3v) is 27.4. The van der Waals surface area contributed by atoms with Gasteiger partial charge in [0.25, 0.3) is 70.9 Å². The Bertz CT molecular complexity index is 8930. The van der Waals surface area contributed by atoms with Gasteiger partial charge >= 0.3 is 24.7 Å². The summed E-state index contributed by atoms with van der Waals surface area (Å²) in [5.41, 5.74) is -8.24. The van der Waals surface area contributed by atoms with Crippen LogP contribution in [0.1, 0.15) is 147 Å². The molecule has 0 atom stereocenters. The lowest BCUT2D eigenvalue weighted by Gasteiger charge is -2.31. The van der Waals surface area contributed by atoms with Crippen molar-refractivity contribution in [3.05, 3.63) is 368 Å². The van der Waals surface area contributed by atoms with Crippen LogP contribution in [0.25, 0.3) is 129 Å². The molecule has 0 unspecified atom stereocenters. The fourth-order valence-electron chi connectivity index (χ4n) is 21.4. The molecular weight excluding hydrogens is 1930 g/mol. The Morgan fingerprint density at radius 2 is 0.390 bits per heavy atom. The molecule has 12 amide bonds. The molecule has 6 aliphatic heterocycles. The number of aromatic nitrogens is 4. The molecule has 0 radical (unpaired) electrons. The van der Waals surface area contributed by atoms with E-state index in [1.807, 2.05) is 0 Å². The zero-order chi connectivity index (χ0) is 102. The van der Waals surface area contributed by atoms with Crippen molar-refractivity contribution in [2.24, 2.45) is 0 Å². The molecular formula is C108H42F16N10O12. The number of rotatable bonds is 6. The van der Waals surface area contributed by atoms with E-state index >= 15 is 0 Å². The molecule has 0 N–H and O–H groups in total. The number of imide groups is 6. The topological polar surface area (TPSA) is 276 Å². The van der Waals surface area contributed by atoms with Gasteiger partial charge in [0.2, 0.25) is 11.9 Å². The van der Waals surface area contributed by atoms with Crippen LogP contribution in [-0.2, 0) is 24.7 Å². The van der Waals surface area contributed by atoms with Crippen LogP contribution in [0.15, 0.2) is 255 Å². The molecule has 38 heteroatoms. The summed E-state index contributed by atoms with van der Waals surface area (Å²) in [6.07, 6.45) is -19.3. The molecule has 0 bridgehead atoms. The molecule has 10 heterocycles. The average molecular weight is 1980 g/mol. The van der Waals surface area contributed by atoms with Gasteiger partial charge in [-0.05, 0) is 255 Å². The number of nitrogens with zero attached hydrogens (tertiary/aromatic N) is 10. The Balaban J connectivity index is 0.000000116. The quantitative estimate of drug-likeness (QED) is 0.0492. The summed E-state index contributed by atoms with van der Waals surface area (Å²) in [5, 5.41) is 12.2. The highest BCUT2D eigenvalue weighted by Crippen LogP contribution is 2.55.